The molecule has 0 fully saturated rings. The van der Waals surface area contributed by atoms with Gasteiger partial charge in [0.2, 0.25) is 0 Å². The second-order valence-corrected chi connectivity index (χ2v) is 5.86. The van der Waals surface area contributed by atoms with Crippen LogP contribution in [0, 0.1) is 6.92 Å². The van der Waals surface area contributed by atoms with Crippen molar-refractivity contribution in [1.82, 2.24) is 0 Å². The number of carbonyl (C=O) groups excluding carboxylic acids is 1. The second-order valence-electron chi connectivity index (χ2n) is 5.86. The van der Waals surface area contributed by atoms with E-state index < -0.39 is 11.7 Å². The molecule has 1 amide bonds. The van der Waals surface area contributed by atoms with Gasteiger partial charge in [-0.2, -0.15) is 0 Å². The highest BCUT2D eigenvalue weighted by atomic mass is 16.5. The smallest absolute Gasteiger partial charge is 0.336 e. The fourth-order valence-corrected chi connectivity index (χ4v) is 2.62. The largest absolute Gasteiger partial charge is 0.495 e. The Labute approximate surface area is 150 Å². The molecule has 26 heavy (non-hydrogen) atoms. The van der Waals surface area contributed by atoms with Gasteiger partial charge >= 0.3 is 5.63 Å². The Morgan fingerprint density at radius 1 is 1.15 bits per heavy atom. The Kier molecular flexibility index (Phi) is 4.93. The standard InChI is InChI=1S/C20H19NO5/c1-12-10-19(22)26-18-11-14(8-9-15(12)18)25-13(2)20(23)21-16-6-4-5-7-17(16)24-3/h4-11,13H,1-3H3,(H,21,23). The summed E-state index contributed by atoms with van der Waals surface area (Å²) in [5.74, 6) is 0.685. The molecule has 0 radical (unpaired) electrons. The number of methoxy groups -OCH3 is 1. The van der Waals surface area contributed by atoms with Crippen molar-refractivity contribution in [2.45, 2.75) is 20.0 Å². The van der Waals surface area contributed by atoms with E-state index in [1.54, 1.807) is 43.3 Å². The molecule has 0 aliphatic heterocycles. The fourth-order valence-electron chi connectivity index (χ4n) is 2.62. The minimum Gasteiger partial charge on any atom is -0.495 e. The van der Waals surface area contributed by atoms with E-state index in [0.717, 1.165) is 10.9 Å². The summed E-state index contributed by atoms with van der Waals surface area (Å²) in [6.07, 6.45) is -0.756. The molecule has 1 N–H and O–H groups in total. The first kappa shape index (κ1) is 17.5. The zero-order chi connectivity index (χ0) is 18.7. The highest BCUT2D eigenvalue weighted by Crippen LogP contribution is 2.25. The molecule has 1 atom stereocenters. The molecule has 6 nitrogen and oxygen atoms in total. The molecule has 1 heterocycles. The maximum Gasteiger partial charge on any atom is 0.336 e. The number of anilines is 1. The van der Waals surface area contributed by atoms with Gasteiger partial charge in [0.15, 0.2) is 6.10 Å². The van der Waals surface area contributed by atoms with E-state index in [9.17, 15) is 9.59 Å². The molecule has 1 unspecified atom stereocenters. The third-order valence-corrected chi connectivity index (χ3v) is 3.97. The van der Waals surface area contributed by atoms with Crippen LogP contribution in [-0.2, 0) is 4.79 Å². The molecule has 0 aliphatic rings. The van der Waals surface area contributed by atoms with Crippen LogP contribution in [0.1, 0.15) is 12.5 Å². The van der Waals surface area contributed by atoms with Gasteiger partial charge in [-0.05, 0) is 43.7 Å². The van der Waals surface area contributed by atoms with Crippen molar-refractivity contribution in [2.24, 2.45) is 0 Å². The number of rotatable bonds is 5. The number of hydrogen-bond donors (Lipinski definition) is 1. The summed E-state index contributed by atoms with van der Waals surface area (Å²) >= 11 is 0. The van der Waals surface area contributed by atoms with Crippen molar-refractivity contribution in [1.29, 1.82) is 0 Å². The van der Waals surface area contributed by atoms with Gasteiger partial charge in [0.25, 0.3) is 5.91 Å². The van der Waals surface area contributed by atoms with E-state index >= 15 is 0 Å². The number of nitrogens with one attached hydrogen (secondary N) is 1. The van der Waals surface area contributed by atoms with Gasteiger partial charge in [-0.3, -0.25) is 4.79 Å². The molecule has 3 rings (SSSR count). The van der Waals surface area contributed by atoms with Gasteiger partial charge in [-0.15, -0.1) is 0 Å². The third-order valence-electron chi connectivity index (χ3n) is 3.97. The Morgan fingerprint density at radius 2 is 1.92 bits per heavy atom. The molecule has 134 valence electrons. The van der Waals surface area contributed by atoms with E-state index in [2.05, 4.69) is 5.32 Å². The number of ether oxygens (including phenoxy) is 2. The summed E-state index contributed by atoms with van der Waals surface area (Å²) in [6.45, 7) is 3.48. The summed E-state index contributed by atoms with van der Waals surface area (Å²) in [5.41, 5.74) is 1.39. The monoisotopic (exact) mass is 353 g/mol. The summed E-state index contributed by atoms with van der Waals surface area (Å²) in [4.78, 5) is 23.9. The molecule has 0 aliphatic carbocycles. The lowest BCUT2D eigenvalue weighted by molar-refractivity contribution is -0.122. The Morgan fingerprint density at radius 3 is 2.69 bits per heavy atom. The number of para-hydroxylation sites is 2. The fraction of sp³-hybridized carbons (Fsp3) is 0.200. The van der Waals surface area contributed by atoms with Crippen LogP contribution < -0.4 is 20.4 Å². The molecule has 3 aromatic rings. The molecule has 6 heteroatoms. The zero-order valence-corrected chi connectivity index (χ0v) is 14.7. The van der Waals surface area contributed by atoms with Crippen molar-refractivity contribution >= 4 is 22.6 Å². The van der Waals surface area contributed by atoms with Crippen LogP contribution in [0.3, 0.4) is 0 Å². The SMILES string of the molecule is COc1ccccc1NC(=O)C(C)Oc1ccc2c(C)cc(=O)oc2c1. The summed E-state index contributed by atoms with van der Waals surface area (Å²) < 4.78 is 16.1. The Balaban J connectivity index is 1.76. The van der Waals surface area contributed by atoms with Crippen LogP contribution in [0.5, 0.6) is 11.5 Å². The summed E-state index contributed by atoms with van der Waals surface area (Å²) in [7, 11) is 1.54. The van der Waals surface area contributed by atoms with Gasteiger partial charge < -0.3 is 19.2 Å². The lowest BCUT2D eigenvalue weighted by atomic mass is 10.1. The maximum atomic E-state index is 12.4. The van der Waals surface area contributed by atoms with E-state index in [1.165, 1.54) is 13.2 Å². The number of amides is 1. The molecule has 0 saturated carbocycles. The predicted octanol–water partition coefficient (Wildman–Crippen LogP) is 3.52. The van der Waals surface area contributed by atoms with Gasteiger partial charge in [0, 0.05) is 17.5 Å². The van der Waals surface area contributed by atoms with Crippen LogP contribution in [-0.4, -0.2) is 19.1 Å². The highest BCUT2D eigenvalue weighted by molar-refractivity contribution is 5.95. The van der Waals surface area contributed by atoms with Crippen molar-refractivity contribution < 1.29 is 18.7 Å². The Hall–Kier alpha value is -3.28. The number of fused-ring (bicyclic) bond motifs is 1. The first-order valence-corrected chi connectivity index (χ1v) is 8.13. The molecule has 1 aromatic heterocycles. The van der Waals surface area contributed by atoms with Crippen molar-refractivity contribution in [3.8, 4) is 11.5 Å². The predicted molar refractivity (Wildman–Crippen MR) is 98.9 cm³/mol. The molecular formula is C20H19NO5. The van der Waals surface area contributed by atoms with Crippen LogP contribution in [0.15, 0.2) is 57.7 Å². The topological polar surface area (TPSA) is 77.8 Å². The minimum absolute atomic E-state index is 0.319. The van der Waals surface area contributed by atoms with Gasteiger partial charge in [-0.1, -0.05) is 12.1 Å². The lowest BCUT2D eigenvalue weighted by Gasteiger charge is -2.16. The van der Waals surface area contributed by atoms with Gasteiger partial charge in [0.05, 0.1) is 12.8 Å². The van der Waals surface area contributed by atoms with Gasteiger partial charge in [0.1, 0.15) is 17.1 Å². The molecule has 0 saturated heterocycles. The molecule has 0 bridgehead atoms. The third kappa shape index (κ3) is 3.69. The molecule has 0 spiro atoms. The first-order valence-electron chi connectivity index (χ1n) is 8.13. The van der Waals surface area contributed by atoms with E-state index in [-0.39, 0.29) is 5.91 Å². The van der Waals surface area contributed by atoms with E-state index in [0.29, 0.717) is 22.8 Å². The van der Waals surface area contributed by atoms with Crippen molar-refractivity contribution in [3.63, 3.8) is 0 Å². The van der Waals surface area contributed by atoms with Crippen LogP contribution >= 0.6 is 0 Å². The minimum atomic E-state index is -0.756. The maximum absolute atomic E-state index is 12.4. The lowest BCUT2D eigenvalue weighted by Crippen LogP contribution is -2.30. The quantitative estimate of drug-likeness (QED) is 0.710. The van der Waals surface area contributed by atoms with Gasteiger partial charge in [-0.25, -0.2) is 4.79 Å². The number of benzene rings is 2. The normalized spacial score (nSPS) is 11.8. The van der Waals surface area contributed by atoms with Crippen LogP contribution in [0.2, 0.25) is 0 Å². The summed E-state index contributed by atoms with van der Waals surface area (Å²) in [5, 5.41) is 3.60. The number of hydrogen-bond acceptors (Lipinski definition) is 5. The van der Waals surface area contributed by atoms with Crippen LogP contribution in [0.4, 0.5) is 5.69 Å². The highest BCUT2D eigenvalue weighted by Gasteiger charge is 2.17. The van der Waals surface area contributed by atoms with Crippen LogP contribution in [0.25, 0.3) is 11.0 Å². The average molecular weight is 353 g/mol. The second kappa shape index (κ2) is 7.31. The van der Waals surface area contributed by atoms with Crippen molar-refractivity contribution in [3.05, 3.63) is 64.5 Å². The Bertz CT molecular complexity index is 1010. The zero-order valence-electron chi connectivity index (χ0n) is 14.7. The van der Waals surface area contributed by atoms with Crippen molar-refractivity contribution in [2.75, 3.05) is 12.4 Å². The molecular weight excluding hydrogens is 334 g/mol. The van der Waals surface area contributed by atoms with E-state index in [4.69, 9.17) is 13.9 Å². The average Bonchev–Trinajstić information content (AvgIpc) is 2.61. The number of carbonyl (C=O) groups is 1. The molecule has 2 aromatic carbocycles. The number of aryl methyl sites for hydroxylation is 1. The van der Waals surface area contributed by atoms with E-state index in [1.807, 2.05) is 13.0 Å². The first-order chi connectivity index (χ1) is 12.5. The summed E-state index contributed by atoms with van der Waals surface area (Å²) in [6, 6.07) is 13.7.